The van der Waals surface area contributed by atoms with Gasteiger partial charge in [0.15, 0.2) is 5.13 Å². The van der Waals surface area contributed by atoms with Crippen molar-refractivity contribution in [3.05, 3.63) is 11.1 Å². The van der Waals surface area contributed by atoms with E-state index in [2.05, 4.69) is 28.3 Å². The SMILES string of the molecule is CCCN(CC1CC1)c1ncc(CNC2CC2)s1. The predicted molar refractivity (Wildman–Crippen MR) is 77.2 cm³/mol. The Bertz CT molecular complexity index is 382. The standard InChI is InChI=1S/C14H23N3S/c1-2-7-17(10-11-3-4-11)14-16-9-13(18-14)8-15-12-5-6-12/h9,11-12,15H,2-8,10H2,1H3. The quantitative estimate of drug-likeness (QED) is 0.783. The fourth-order valence-corrected chi connectivity index (χ4v) is 3.10. The maximum Gasteiger partial charge on any atom is 0.185 e. The Morgan fingerprint density at radius 1 is 1.39 bits per heavy atom. The zero-order valence-electron chi connectivity index (χ0n) is 11.2. The highest BCUT2D eigenvalue weighted by molar-refractivity contribution is 7.15. The van der Waals surface area contributed by atoms with Gasteiger partial charge >= 0.3 is 0 Å². The molecule has 3 nitrogen and oxygen atoms in total. The second-order valence-corrected chi connectivity index (χ2v) is 6.75. The molecule has 100 valence electrons. The van der Waals surface area contributed by atoms with Gasteiger partial charge in [-0.25, -0.2) is 4.98 Å². The van der Waals surface area contributed by atoms with Gasteiger partial charge in [0.1, 0.15) is 0 Å². The molecule has 2 aliphatic carbocycles. The Kier molecular flexibility index (Phi) is 3.85. The third-order valence-electron chi connectivity index (χ3n) is 3.62. The smallest absolute Gasteiger partial charge is 0.185 e. The van der Waals surface area contributed by atoms with E-state index < -0.39 is 0 Å². The molecule has 1 aromatic heterocycles. The van der Waals surface area contributed by atoms with Crippen molar-refractivity contribution in [3.63, 3.8) is 0 Å². The molecule has 0 radical (unpaired) electrons. The maximum atomic E-state index is 4.62. The fourth-order valence-electron chi connectivity index (χ4n) is 2.20. The van der Waals surface area contributed by atoms with E-state index in [4.69, 9.17) is 0 Å². The van der Waals surface area contributed by atoms with E-state index in [9.17, 15) is 0 Å². The van der Waals surface area contributed by atoms with Gasteiger partial charge in [0.25, 0.3) is 0 Å². The van der Waals surface area contributed by atoms with Gasteiger partial charge in [0.05, 0.1) is 0 Å². The van der Waals surface area contributed by atoms with Crippen LogP contribution in [0.3, 0.4) is 0 Å². The molecular weight excluding hydrogens is 242 g/mol. The Hall–Kier alpha value is -0.610. The molecule has 2 saturated carbocycles. The monoisotopic (exact) mass is 265 g/mol. The summed E-state index contributed by atoms with van der Waals surface area (Å²) in [4.78, 5) is 8.49. The molecule has 0 bridgehead atoms. The van der Waals surface area contributed by atoms with Crippen molar-refractivity contribution in [2.45, 2.75) is 51.6 Å². The molecule has 1 N–H and O–H groups in total. The van der Waals surface area contributed by atoms with Gasteiger partial charge in [-0.15, -0.1) is 11.3 Å². The number of thiazole rings is 1. The molecule has 4 heteroatoms. The third kappa shape index (κ3) is 3.45. The molecule has 0 spiro atoms. The van der Waals surface area contributed by atoms with Crippen LogP contribution in [0.5, 0.6) is 0 Å². The van der Waals surface area contributed by atoms with Gasteiger partial charge in [-0.1, -0.05) is 6.92 Å². The molecule has 2 aliphatic rings. The van der Waals surface area contributed by atoms with E-state index in [0.717, 1.165) is 25.0 Å². The second-order valence-electron chi connectivity index (χ2n) is 5.65. The Labute approximate surface area is 114 Å². The highest BCUT2D eigenvalue weighted by atomic mass is 32.1. The second kappa shape index (κ2) is 5.57. The van der Waals surface area contributed by atoms with E-state index in [1.807, 2.05) is 11.3 Å². The van der Waals surface area contributed by atoms with Crippen LogP contribution in [0, 0.1) is 5.92 Å². The summed E-state index contributed by atoms with van der Waals surface area (Å²) in [7, 11) is 0. The Morgan fingerprint density at radius 3 is 2.89 bits per heavy atom. The first-order valence-electron chi connectivity index (χ1n) is 7.28. The first kappa shape index (κ1) is 12.4. The van der Waals surface area contributed by atoms with Crippen LogP contribution >= 0.6 is 11.3 Å². The number of nitrogens with one attached hydrogen (secondary N) is 1. The van der Waals surface area contributed by atoms with Gasteiger partial charge in [-0.05, 0) is 38.0 Å². The third-order valence-corrected chi connectivity index (χ3v) is 4.68. The minimum absolute atomic E-state index is 0.786. The van der Waals surface area contributed by atoms with Crippen molar-refractivity contribution in [2.75, 3.05) is 18.0 Å². The number of hydrogen-bond acceptors (Lipinski definition) is 4. The molecule has 0 atom stereocenters. The number of anilines is 1. The zero-order valence-corrected chi connectivity index (χ0v) is 12.0. The molecule has 1 aromatic rings. The Balaban J connectivity index is 1.56. The van der Waals surface area contributed by atoms with E-state index in [-0.39, 0.29) is 0 Å². The molecule has 18 heavy (non-hydrogen) atoms. The average Bonchev–Trinajstić information content (AvgIpc) is 3.28. The summed E-state index contributed by atoms with van der Waals surface area (Å²) in [6.07, 6.45) is 8.82. The summed E-state index contributed by atoms with van der Waals surface area (Å²) in [6.45, 7) is 5.63. The molecule has 0 aromatic carbocycles. The summed E-state index contributed by atoms with van der Waals surface area (Å²) < 4.78 is 0. The van der Waals surface area contributed by atoms with E-state index in [1.165, 1.54) is 48.7 Å². The largest absolute Gasteiger partial charge is 0.348 e. The fraction of sp³-hybridized carbons (Fsp3) is 0.786. The van der Waals surface area contributed by atoms with Gasteiger partial charge in [0, 0.05) is 36.8 Å². The van der Waals surface area contributed by atoms with Crippen molar-refractivity contribution >= 4 is 16.5 Å². The summed E-state index contributed by atoms with van der Waals surface area (Å²) in [5, 5.41) is 4.79. The lowest BCUT2D eigenvalue weighted by Gasteiger charge is -2.20. The zero-order chi connectivity index (χ0) is 12.4. The lowest BCUT2D eigenvalue weighted by molar-refractivity contribution is 0.694. The Morgan fingerprint density at radius 2 is 2.22 bits per heavy atom. The van der Waals surface area contributed by atoms with Crippen molar-refractivity contribution in [1.82, 2.24) is 10.3 Å². The maximum absolute atomic E-state index is 4.62. The van der Waals surface area contributed by atoms with Gasteiger partial charge in [-0.3, -0.25) is 0 Å². The number of aromatic nitrogens is 1. The van der Waals surface area contributed by atoms with E-state index in [0.29, 0.717) is 0 Å². The highest BCUT2D eigenvalue weighted by Gasteiger charge is 2.25. The van der Waals surface area contributed by atoms with E-state index in [1.54, 1.807) is 0 Å². The van der Waals surface area contributed by atoms with Crippen LogP contribution in [0.1, 0.15) is 43.9 Å². The molecule has 0 amide bonds. The van der Waals surface area contributed by atoms with Crippen molar-refractivity contribution < 1.29 is 0 Å². The topological polar surface area (TPSA) is 28.2 Å². The summed E-state index contributed by atoms with van der Waals surface area (Å²) >= 11 is 1.87. The van der Waals surface area contributed by atoms with Crippen molar-refractivity contribution in [2.24, 2.45) is 5.92 Å². The molecule has 0 unspecified atom stereocenters. The lowest BCUT2D eigenvalue weighted by Crippen LogP contribution is -2.26. The number of nitrogens with zero attached hydrogens (tertiary/aromatic N) is 2. The first-order valence-corrected chi connectivity index (χ1v) is 8.10. The van der Waals surface area contributed by atoms with Crippen LogP contribution in [0.25, 0.3) is 0 Å². The summed E-state index contributed by atoms with van der Waals surface area (Å²) in [5.41, 5.74) is 0. The van der Waals surface area contributed by atoms with Crippen molar-refractivity contribution in [1.29, 1.82) is 0 Å². The molecular formula is C14H23N3S. The van der Waals surface area contributed by atoms with Crippen LogP contribution < -0.4 is 10.2 Å². The van der Waals surface area contributed by atoms with E-state index >= 15 is 0 Å². The molecule has 3 rings (SSSR count). The molecule has 0 aliphatic heterocycles. The van der Waals surface area contributed by atoms with Crippen LogP contribution in [0.2, 0.25) is 0 Å². The average molecular weight is 265 g/mol. The van der Waals surface area contributed by atoms with Gasteiger partial charge in [-0.2, -0.15) is 0 Å². The minimum Gasteiger partial charge on any atom is -0.348 e. The normalized spacial score (nSPS) is 19.2. The molecule has 0 saturated heterocycles. The summed E-state index contributed by atoms with van der Waals surface area (Å²) in [6, 6.07) is 0.786. The number of rotatable bonds is 8. The predicted octanol–water partition coefficient (Wildman–Crippen LogP) is 3.02. The lowest BCUT2D eigenvalue weighted by atomic mass is 10.3. The summed E-state index contributed by atoms with van der Waals surface area (Å²) in [5.74, 6) is 0.938. The molecule has 1 heterocycles. The van der Waals surface area contributed by atoms with Crippen LogP contribution in [0.15, 0.2) is 6.20 Å². The number of hydrogen-bond donors (Lipinski definition) is 1. The minimum atomic E-state index is 0.786. The first-order chi connectivity index (χ1) is 8.85. The van der Waals surface area contributed by atoms with Crippen LogP contribution in [-0.4, -0.2) is 24.1 Å². The van der Waals surface area contributed by atoms with Gasteiger partial charge < -0.3 is 10.2 Å². The van der Waals surface area contributed by atoms with Gasteiger partial charge in [0.2, 0.25) is 0 Å². The van der Waals surface area contributed by atoms with Crippen molar-refractivity contribution in [3.8, 4) is 0 Å². The van der Waals surface area contributed by atoms with Crippen LogP contribution in [-0.2, 0) is 6.54 Å². The van der Waals surface area contributed by atoms with Crippen LogP contribution in [0.4, 0.5) is 5.13 Å². The highest BCUT2D eigenvalue weighted by Crippen LogP contribution is 2.33. The molecule has 2 fully saturated rings.